The van der Waals surface area contributed by atoms with E-state index in [0.717, 1.165) is 29.2 Å². The number of hydrogen-bond acceptors (Lipinski definition) is 5. The van der Waals surface area contributed by atoms with E-state index in [4.69, 9.17) is 4.74 Å². The molecule has 0 N–H and O–H groups in total. The number of thioether (sulfide) groups is 1. The first-order valence-electron chi connectivity index (χ1n) is 7.29. The average Bonchev–Trinajstić information content (AvgIpc) is 3.30. The highest BCUT2D eigenvalue weighted by atomic mass is 32.2. The molecule has 112 valence electrons. The van der Waals surface area contributed by atoms with E-state index in [1.165, 1.54) is 0 Å². The maximum absolute atomic E-state index is 11.8. The smallest absolute Gasteiger partial charge is 0.325 e. The number of esters is 1. The van der Waals surface area contributed by atoms with Gasteiger partial charge in [-0.3, -0.25) is 4.79 Å². The summed E-state index contributed by atoms with van der Waals surface area (Å²) in [5, 5.41) is 9.51. The van der Waals surface area contributed by atoms with Crippen molar-refractivity contribution in [3.8, 4) is 6.07 Å². The Bertz CT molecular complexity index is 550. The van der Waals surface area contributed by atoms with Gasteiger partial charge in [0, 0.05) is 10.9 Å². The van der Waals surface area contributed by atoms with Gasteiger partial charge in [0.25, 0.3) is 0 Å². The zero-order valence-electron chi connectivity index (χ0n) is 12.5. The van der Waals surface area contributed by atoms with Gasteiger partial charge in [0.05, 0.1) is 17.9 Å². The van der Waals surface area contributed by atoms with Crippen LogP contribution in [0, 0.1) is 11.3 Å². The van der Waals surface area contributed by atoms with E-state index in [9.17, 15) is 10.1 Å². The van der Waals surface area contributed by atoms with Gasteiger partial charge < -0.3 is 9.64 Å². The number of nitrogens with zero attached hydrogens (tertiary/aromatic N) is 2. The van der Waals surface area contributed by atoms with Crippen LogP contribution in [0.25, 0.3) is 0 Å². The molecule has 0 aliphatic heterocycles. The van der Waals surface area contributed by atoms with Crippen molar-refractivity contribution < 1.29 is 9.53 Å². The minimum Gasteiger partial charge on any atom is -0.465 e. The maximum atomic E-state index is 11.8. The standard InChI is InChI=1S/C16H20N2O2S/c1-3-20-16(19)11-18(12-8-9-12)14-6-5-7-15(21-4-2)13(14)10-17/h5-7,12H,3-4,8-9,11H2,1-2H3. The van der Waals surface area contributed by atoms with E-state index < -0.39 is 0 Å². The van der Waals surface area contributed by atoms with Crippen LogP contribution in [0.4, 0.5) is 5.69 Å². The topological polar surface area (TPSA) is 53.3 Å². The highest BCUT2D eigenvalue weighted by Crippen LogP contribution is 2.36. The molecule has 0 spiro atoms. The SMILES string of the molecule is CCOC(=O)CN(c1cccc(SCC)c1C#N)C1CC1. The van der Waals surface area contributed by atoms with Crippen LogP contribution in [0.15, 0.2) is 23.1 Å². The van der Waals surface area contributed by atoms with E-state index in [1.807, 2.05) is 23.1 Å². The molecule has 5 heteroatoms. The van der Waals surface area contributed by atoms with Crippen LogP contribution in [0.1, 0.15) is 32.3 Å². The number of nitriles is 1. The third-order valence-electron chi connectivity index (χ3n) is 3.32. The summed E-state index contributed by atoms with van der Waals surface area (Å²) in [4.78, 5) is 14.8. The molecule has 0 radical (unpaired) electrons. The molecule has 0 amide bonds. The fraction of sp³-hybridized carbons (Fsp3) is 0.500. The van der Waals surface area contributed by atoms with Crippen molar-refractivity contribution in [2.75, 3.05) is 23.8 Å². The lowest BCUT2D eigenvalue weighted by molar-refractivity contribution is -0.141. The van der Waals surface area contributed by atoms with Crippen LogP contribution in [-0.2, 0) is 9.53 Å². The third-order valence-corrected chi connectivity index (χ3v) is 4.26. The number of ether oxygens (including phenoxy) is 1. The Labute approximate surface area is 130 Å². The zero-order valence-corrected chi connectivity index (χ0v) is 13.3. The zero-order chi connectivity index (χ0) is 15.2. The number of rotatable bonds is 7. The van der Waals surface area contributed by atoms with E-state index in [1.54, 1.807) is 18.7 Å². The van der Waals surface area contributed by atoms with Crippen LogP contribution in [0.2, 0.25) is 0 Å². The van der Waals surface area contributed by atoms with Gasteiger partial charge in [-0.1, -0.05) is 13.0 Å². The van der Waals surface area contributed by atoms with Crippen molar-refractivity contribution >= 4 is 23.4 Å². The number of benzene rings is 1. The van der Waals surface area contributed by atoms with Gasteiger partial charge in [0.1, 0.15) is 12.6 Å². The molecule has 4 nitrogen and oxygen atoms in total. The Hall–Kier alpha value is -1.67. The predicted molar refractivity (Wildman–Crippen MR) is 84.6 cm³/mol. The van der Waals surface area contributed by atoms with Gasteiger partial charge in [0.2, 0.25) is 0 Å². The van der Waals surface area contributed by atoms with E-state index in [-0.39, 0.29) is 12.5 Å². The summed E-state index contributed by atoms with van der Waals surface area (Å²) in [6.07, 6.45) is 2.13. The summed E-state index contributed by atoms with van der Waals surface area (Å²) in [7, 11) is 0. The summed E-state index contributed by atoms with van der Waals surface area (Å²) < 4.78 is 5.05. The molecule has 1 aromatic carbocycles. The summed E-state index contributed by atoms with van der Waals surface area (Å²) in [6.45, 7) is 4.47. The fourth-order valence-corrected chi connectivity index (χ4v) is 3.07. The quantitative estimate of drug-likeness (QED) is 0.572. The van der Waals surface area contributed by atoms with E-state index >= 15 is 0 Å². The van der Waals surface area contributed by atoms with Crippen LogP contribution < -0.4 is 4.90 Å². The second-order valence-electron chi connectivity index (χ2n) is 4.86. The van der Waals surface area contributed by atoms with Gasteiger partial charge >= 0.3 is 5.97 Å². The summed E-state index contributed by atoms with van der Waals surface area (Å²) in [5.41, 5.74) is 1.52. The molecule has 21 heavy (non-hydrogen) atoms. The largest absolute Gasteiger partial charge is 0.465 e. The molecule has 0 saturated heterocycles. The number of carbonyl (C=O) groups excluding carboxylic acids is 1. The molecular weight excluding hydrogens is 284 g/mol. The first-order chi connectivity index (χ1) is 10.2. The average molecular weight is 304 g/mol. The van der Waals surface area contributed by atoms with E-state index in [2.05, 4.69) is 13.0 Å². The second kappa shape index (κ2) is 7.37. The molecule has 1 aliphatic rings. The van der Waals surface area contributed by atoms with Crippen LogP contribution in [-0.4, -0.2) is 30.9 Å². The molecule has 2 rings (SSSR count). The Morgan fingerprint density at radius 3 is 2.81 bits per heavy atom. The Morgan fingerprint density at radius 2 is 2.24 bits per heavy atom. The third kappa shape index (κ3) is 3.92. The van der Waals surface area contributed by atoms with Crippen LogP contribution in [0.5, 0.6) is 0 Å². The minimum absolute atomic E-state index is 0.216. The summed E-state index contributed by atoms with van der Waals surface area (Å²) in [6, 6.07) is 8.50. The normalized spacial score (nSPS) is 13.6. The van der Waals surface area contributed by atoms with Gasteiger partial charge in [0.15, 0.2) is 0 Å². The van der Waals surface area contributed by atoms with E-state index in [0.29, 0.717) is 18.2 Å². The Kier molecular flexibility index (Phi) is 5.51. The summed E-state index contributed by atoms with van der Waals surface area (Å²) >= 11 is 1.65. The molecule has 1 saturated carbocycles. The highest BCUT2D eigenvalue weighted by Gasteiger charge is 2.32. The monoisotopic (exact) mass is 304 g/mol. The van der Waals surface area contributed by atoms with Gasteiger partial charge in [-0.2, -0.15) is 5.26 Å². The molecular formula is C16H20N2O2S. The van der Waals surface area contributed by atoms with Crippen molar-refractivity contribution in [2.45, 2.75) is 37.6 Å². The van der Waals surface area contributed by atoms with Gasteiger partial charge in [-0.05, 0) is 37.7 Å². The van der Waals surface area contributed by atoms with Crippen LogP contribution in [0.3, 0.4) is 0 Å². The van der Waals surface area contributed by atoms with Crippen molar-refractivity contribution in [3.05, 3.63) is 23.8 Å². The molecule has 0 unspecified atom stereocenters. The molecule has 1 fully saturated rings. The predicted octanol–water partition coefficient (Wildman–Crippen LogP) is 3.20. The molecule has 0 atom stereocenters. The fourth-order valence-electron chi connectivity index (χ4n) is 2.29. The Morgan fingerprint density at radius 1 is 1.48 bits per heavy atom. The van der Waals surface area contributed by atoms with Crippen molar-refractivity contribution in [3.63, 3.8) is 0 Å². The minimum atomic E-state index is -0.234. The van der Waals surface area contributed by atoms with Gasteiger partial charge in [-0.15, -0.1) is 11.8 Å². The van der Waals surface area contributed by atoms with Crippen molar-refractivity contribution in [1.29, 1.82) is 5.26 Å². The molecule has 1 aromatic rings. The van der Waals surface area contributed by atoms with Crippen molar-refractivity contribution in [2.24, 2.45) is 0 Å². The van der Waals surface area contributed by atoms with Crippen LogP contribution >= 0.6 is 11.8 Å². The van der Waals surface area contributed by atoms with Gasteiger partial charge in [-0.25, -0.2) is 0 Å². The highest BCUT2D eigenvalue weighted by molar-refractivity contribution is 7.99. The Balaban J connectivity index is 2.30. The molecule has 0 heterocycles. The lowest BCUT2D eigenvalue weighted by Gasteiger charge is -2.25. The molecule has 1 aliphatic carbocycles. The summed E-state index contributed by atoms with van der Waals surface area (Å²) in [5.74, 6) is 0.682. The molecule has 0 aromatic heterocycles. The second-order valence-corrected chi connectivity index (χ2v) is 6.17. The first-order valence-corrected chi connectivity index (χ1v) is 8.28. The maximum Gasteiger partial charge on any atom is 0.325 e. The molecule has 0 bridgehead atoms. The lowest BCUT2D eigenvalue weighted by atomic mass is 10.1. The number of carbonyl (C=O) groups is 1. The lowest BCUT2D eigenvalue weighted by Crippen LogP contribution is -2.33. The number of anilines is 1. The first kappa shape index (κ1) is 15.7. The number of hydrogen-bond donors (Lipinski definition) is 0. The van der Waals surface area contributed by atoms with Crippen molar-refractivity contribution in [1.82, 2.24) is 0 Å².